The Morgan fingerprint density at radius 2 is 2.28 bits per heavy atom. The van der Waals surface area contributed by atoms with Crippen LogP contribution in [0.5, 0.6) is 0 Å². The van der Waals surface area contributed by atoms with Crippen molar-refractivity contribution in [1.29, 1.82) is 0 Å². The Morgan fingerprint density at radius 1 is 1.44 bits per heavy atom. The molecule has 1 aliphatic heterocycles. The second kappa shape index (κ2) is 5.03. The Bertz CT molecular complexity index is 391. The first-order chi connectivity index (χ1) is 8.67. The fourth-order valence-electron chi connectivity index (χ4n) is 2.98. The van der Waals surface area contributed by atoms with E-state index in [0.29, 0.717) is 12.0 Å². The summed E-state index contributed by atoms with van der Waals surface area (Å²) in [5.74, 6) is 0.493. The zero-order valence-electron chi connectivity index (χ0n) is 10.4. The minimum Gasteiger partial charge on any atom is -0.296 e. The van der Waals surface area contributed by atoms with Crippen LogP contribution in [0.3, 0.4) is 0 Å². The number of alkyl halides is 2. The largest absolute Gasteiger partial charge is 0.296 e. The lowest BCUT2D eigenvalue weighted by Crippen LogP contribution is -2.34. The van der Waals surface area contributed by atoms with Crippen LogP contribution in [0.1, 0.15) is 43.7 Å². The van der Waals surface area contributed by atoms with Crippen molar-refractivity contribution >= 4 is 23.2 Å². The Hall–Kier alpha value is -0.250. The van der Waals surface area contributed by atoms with E-state index in [-0.39, 0.29) is 0 Å². The van der Waals surface area contributed by atoms with E-state index in [0.717, 1.165) is 19.4 Å². The molecule has 0 unspecified atom stereocenters. The predicted octanol–water partition coefficient (Wildman–Crippen LogP) is 3.52. The van der Waals surface area contributed by atoms with Gasteiger partial charge in [-0.05, 0) is 44.7 Å². The molecule has 0 bridgehead atoms. The first kappa shape index (κ1) is 12.8. The summed E-state index contributed by atoms with van der Waals surface area (Å²) in [5.41, 5.74) is 1.31. The van der Waals surface area contributed by atoms with Gasteiger partial charge in [-0.1, -0.05) is 6.42 Å². The summed E-state index contributed by atoms with van der Waals surface area (Å²) in [5, 5.41) is 6.99. The summed E-state index contributed by atoms with van der Waals surface area (Å²) in [4.78, 5) is 2.57. The van der Waals surface area contributed by atoms with Gasteiger partial charge in [-0.25, -0.2) is 0 Å². The van der Waals surface area contributed by atoms with Crippen LogP contribution in [-0.4, -0.2) is 32.5 Å². The number of hydrogen-bond donors (Lipinski definition) is 1. The Labute approximate surface area is 118 Å². The molecule has 0 amide bonds. The Balaban J connectivity index is 1.58. The third-order valence-electron chi connectivity index (χ3n) is 4.24. The van der Waals surface area contributed by atoms with Gasteiger partial charge in [0, 0.05) is 17.8 Å². The molecule has 1 saturated heterocycles. The van der Waals surface area contributed by atoms with Gasteiger partial charge in [0.05, 0.1) is 6.20 Å². The number of nitrogens with zero attached hydrogens (tertiary/aromatic N) is 2. The number of H-pyrrole nitrogens is 1. The van der Waals surface area contributed by atoms with E-state index in [1.165, 1.54) is 31.4 Å². The highest BCUT2D eigenvalue weighted by molar-refractivity contribution is 6.50. The molecule has 2 atom stereocenters. The molecular formula is C13H19Cl2N3. The van der Waals surface area contributed by atoms with Gasteiger partial charge in [0.25, 0.3) is 0 Å². The van der Waals surface area contributed by atoms with Crippen molar-refractivity contribution in [2.75, 3.05) is 13.1 Å². The van der Waals surface area contributed by atoms with Crippen LogP contribution in [0.15, 0.2) is 12.4 Å². The Morgan fingerprint density at radius 3 is 2.94 bits per heavy atom. The number of halogens is 2. The number of nitrogens with one attached hydrogen (secondary N) is 1. The van der Waals surface area contributed by atoms with E-state index in [1.54, 1.807) is 0 Å². The monoisotopic (exact) mass is 287 g/mol. The smallest absolute Gasteiger partial charge is 0.121 e. The number of hydrogen-bond acceptors (Lipinski definition) is 2. The van der Waals surface area contributed by atoms with Crippen LogP contribution in [0.4, 0.5) is 0 Å². The quantitative estimate of drug-likeness (QED) is 0.860. The normalized spacial score (nSPS) is 31.4. The average Bonchev–Trinajstić information content (AvgIpc) is 2.81. The lowest BCUT2D eigenvalue weighted by atomic mass is 9.97. The molecule has 2 heterocycles. The first-order valence-electron chi connectivity index (χ1n) is 6.77. The summed E-state index contributed by atoms with van der Waals surface area (Å²) in [7, 11) is 0. The number of rotatable bonds is 4. The molecule has 3 rings (SSSR count). The number of aromatic nitrogens is 2. The van der Waals surface area contributed by atoms with E-state index in [1.807, 2.05) is 12.4 Å². The lowest BCUT2D eigenvalue weighted by Gasteiger charge is -2.35. The van der Waals surface area contributed by atoms with Crippen molar-refractivity contribution in [2.24, 2.45) is 5.92 Å². The van der Waals surface area contributed by atoms with E-state index in [9.17, 15) is 0 Å². The summed E-state index contributed by atoms with van der Waals surface area (Å²) < 4.78 is -0.430. The van der Waals surface area contributed by atoms with Gasteiger partial charge >= 0.3 is 0 Å². The molecule has 1 aliphatic carbocycles. The van der Waals surface area contributed by atoms with Crippen LogP contribution >= 0.6 is 23.2 Å². The van der Waals surface area contributed by atoms with Crippen molar-refractivity contribution < 1.29 is 0 Å². The average molecular weight is 288 g/mol. The van der Waals surface area contributed by atoms with Crippen LogP contribution in [0.2, 0.25) is 0 Å². The summed E-state index contributed by atoms with van der Waals surface area (Å²) >= 11 is 12.2. The topological polar surface area (TPSA) is 31.9 Å². The number of aromatic amines is 1. The standard InChI is InChI=1S/C13H19Cl2N3/c14-13(15)7-11(13)4-6-18-5-2-1-3-12(18)10-8-16-17-9-10/h8-9,11-12H,1-7H2,(H,16,17)/t11-,12-/m1/s1. The molecule has 18 heavy (non-hydrogen) atoms. The second-order valence-corrected chi connectivity index (χ2v) is 7.07. The van der Waals surface area contributed by atoms with Crippen LogP contribution < -0.4 is 0 Å². The molecule has 1 aromatic rings. The third-order valence-corrected chi connectivity index (χ3v) is 5.16. The van der Waals surface area contributed by atoms with E-state index in [2.05, 4.69) is 15.1 Å². The van der Waals surface area contributed by atoms with Crippen molar-refractivity contribution in [3.8, 4) is 0 Å². The van der Waals surface area contributed by atoms with Gasteiger partial charge in [0.15, 0.2) is 0 Å². The highest BCUT2D eigenvalue weighted by Crippen LogP contribution is 2.55. The molecule has 2 fully saturated rings. The molecule has 0 radical (unpaired) electrons. The number of likely N-dealkylation sites (tertiary alicyclic amines) is 1. The van der Waals surface area contributed by atoms with Crippen molar-refractivity contribution in [3.63, 3.8) is 0 Å². The highest BCUT2D eigenvalue weighted by atomic mass is 35.5. The van der Waals surface area contributed by atoms with Crippen LogP contribution in [0, 0.1) is 5.92 Å². The minimum absolute atomic E-state index is 0.430. The van der Waals surface area contributed by atoms with E-state index < -0.39 is 4.33 Å². The summed E-state index contributed by atoms with van der Waals surface area (Å²) in [6.45, 7) is 2.28. The molecule has 100 valence electrons. The molecule has 0 spiro atoms. The maximum atomic E-state index is 6.09. The predicted molar refractivity (Wildman–Crippen MR) is 73.9 cm³/mol. The maximum Gasteiger partial charge on any atom is 0.121 e. The maximum absolute atomic E-state index is 6.09. The Kier molecular flexibility index (Phi) is 3.57. The molecule has 5 heteroatoms. The second-order valence-electron chi connectivity index (χ2n) is 5.53. The van der Waals surface area contributed by atoms with Gasteiger partial charge in [-0.2, -0.15) is 5.10 Å². The van der Waals surface area contributed by atoms with Gasteiger partial charge in [0.2, 0.25) is 0 Å². The number of piperidine rings is 1. The molecule has 3 nitrogen and oxygen atoms in total. The minimum atomic E-state index is -0.430. The van der Waals surface area contributed by atoms with E-state index >= 15 is 0 Å². The van der Waals surface area contributed by atoms with Crippen LogP contribution in [0.25, 0.3) is 0 Å². The lowest BCUT2D eigenvalue weighted by molar-refractivity contribution is 0.144. The molecule has 0 aromatic carbocycles. The molecule has 2 aliphatic rings. The van der Waals surface area contributed by atoms with E-state index in [4.69, 9.17) is 23.2 Å². The van der Waals surface area contributed by atoms with Crippen LogP contribution in [-0.2, 0) is 0 Å². The zero-order valence-corrected chi connectivity index (χ0v) is 11.9. The summed E-state index contributed by atoms with van der Waals surface area (Å²) in [6, 6.07) is 0.524. The third kappa shape index (κ3) is 2.68. The molecular weight excluding hydrogens is 269 g/mol. The summed E-state index contributed by atoms with van der Waals surface area (Å²) in [6.07, 6.45) is 9.89. The fraction of sp³-hybridized carbons (Fsp3) is 0.769. The zero-order chi connectivity index (χ0) is 12.6. The first-order valence-corrected chi connectivity index (χ1v) is 7.53. The van der Waals surface area contributed by atoms with Crippen molar-refractivity contribution in [1.82, 2.24) is 15.1 Å². The molecule has 1 saturated carbocycles. The van der Waals surface area contributed by atoms with Gasteiger partial charge < -0.3 is 0 Å². The van der Waals surface area contributed by atoms with Crippen molar-refractivity contribution in [3.05, 3.63) is 18.0 Å². The molecule has 1 N–H and O–H groups in total. The van der Waals surface area contributed by atoms with Crippen molar-refractivity contribution in [2.45, 2.75) is 42.5 Å². The fourth-order valence-corrected chi connectivity index (χ4v) is 3.57. The van der Waals surface area contributed by atoms with Gasteiger partial charge in [-0.3, -0.25) is 10.00 Å². The SMILES string of the molecule is ClC1(Cl)C[C@H]1CCN1CCCC[C@@H]1c1cn[nH]c1. The van der Waals surface area contributed by atoms with Gasteiger partial charge in [-0.15, -0.1) is 23.2 Å². The van der Waals surface area contributed by atoms with Gasteiger partial charge in [0.1, 0.15) is 4.33 Å². The molecule has 1 aromatic heterocycles. The highest BCUT2D eigenvalue weighted by Gasteiger charge is 2.51.